The van der Waals surface area contributed by atoms with Gasteiger partial charge in [0.2, 0.25) is 5.91 Å². The molecule has 1 atom stereocenters. The second kappa shape index (κ2) is 10.2. The van der Waals surface area contributed by atoms with Gasteiger partial charge in [-0.25, -0.2) is 0 Å². The van der Waals surface area contributed by atoms with Crippen molar-refractivity contribution in [2.75, 3.05) is 19.6 Å². The molecule has 0 aromatic heterocycles. The van der Waals surface area contributed by atoms with Gasteiger partial charge >= 0.3 is 0 Å². The van der Waals surface area contributed by atoms with Crippen LogP contribution < -0.4 is 10.2 Å². The number of rotatable bonds is 3. The van der Waals surface area contributed by atoms with Gasteiger partial charge in [-0.15, -0.1) is 0 Å². The molecule has 0 aliphatic carbocycles. The summed E-state index contributed by atoms with van der Waals surface area (Å²) in [4.78, 5) is 13.6. The van der Waals surface area contributed by atoms with Crippen LogP contribution in [0.5, 0.6) is 5.75 Å². The number of hydrogen-bond acceptors (Lipinski definition) is 5. The summed E-state index contributed by atoms with van der Waals surface area (Å²) in [5.41, 5.74) is 9.73. The SMILES string of the molecule is CC(=O)N1CC=C(c2ccc3c(c2)C(Oc2cccc(Cl)c2)CCN=NNC(C)=C3C)CC1. The molecule has 0 saturated heterocycles. The minimum Gasteiger partial charge on any atom is -0.486 e. The molecule has 7 heteroatoms. The molecule has 172 valence electrons. The monoisotopic (exact) mass is 464 g/mol. The van der Waals surface area contributed by atoms with E-state index in [1.165, 1.54) is 5.57 Å². The maximum absolute atomic E-state index is 11.7. The molecule has 2 aromatic rings. The second-order valence-corrected chi connectivity index (χ2v) is 8.86. The van der Waals surface area contributed by atoms with Crippen molar-refractivity contribution in [1.29, 1.82) is 0 Å². The van der Waals surface area contributed by atoms with Gasteiger partial charge < -0.3 is 9.64 Å². The molecule has 0 radical (unpaired) electrons. The van der Waals surface area contributed by atoms with Crippen LogP contribution in [-0.4, -0.2) is 30.4 Å². The number of carbonyl (C=O) groups excluding carboxylic acids is 1. The number of amides is 1. The first-order valence-electron chi connectivity index (χ1n) is 11.2. The molecular weight excluding hydrogens is 436 g/mol. The quantitative estimate of drug-likeness (QED) is 0.587. The average molecular weight is 465 g/mol. The fraction of sp³-hybridized carbons (Fsp3) is 0.346. The number of nitrogens with zero attached hydrogens (tertiary/aromatic N) is 3. The van der Waals surface area contributed by atoms with E-state index >= 15 is 0 Å². The van der Waals surface area contributed by atoms with E-state index < -0.39 is 0 Å². The lowest BCUT2D eigenvalue weighted by Crippen LogP contribution is -2.32. The maximum atomic E-state index is 11.7. The number of fused-ring (bicyclic) bond motifs is 1. The molecule has 1 N–H and O–H groups in total. The highest BCUT2D eigenvalue weighted by atomic mass is 35.5. The zero-order valence-electron chi connectivity index (χ0n) is 19.3. The van der Waals surface area contributed by atoms with Crippen LogP contribution in [0, 0.1) is 0 Å². The number of halogens is 1. The topological polar surface area (TPSA) is 66.3 Å². The van der Waals surface area contributed by atoms with E-state index in [1.54, 1.807) is 6.92 Å². The maximum Gasteiger partial charge on any atom is 0.219 e. The van der Waals surface area contributed by atoms with Gasteiger partial charge in [-0.1, -0.05) is 41.1 Å². The summed E-state index contributed by atoms with van der Waals surface area (Å²) in [6.07, 6.45) is 3.46. The van der Waals surface area contributed by atoms with Crippen molar-refractivity contribution in [3.63, 3.8) is 0 Å². The van der Waals surface area contributed by atoms with Gasteiger partial charge in [0.25, 0.3) is 0 Å². The first-order valence-corrected chi connectivity index (χ1v) is 11.6. The Labute approximate surface area is 200 Å². The van der Waals surface area contributed by atoms with Crippen molar-refractivity contribution in [3.05, 3.63) is 76.0 Å². The molecule has 2 aliphatic rings. The summed E-state index contributed by atoms with van der Waals surface area (Å²) in [6, 6.07) is 14.0. The van der Waals surface area contributed by atoms with Crippen molar-refractivity contribution in [3.8, 4) is 5.75 Å². The van der Waals surface area contributed by atoms with Crippen LogP contribution in [0.4, 0.5) is 0 Å². The third-order valence-electron chi connectivity index (χ3n) is 6.24. The number of allylic oxidation sites excluding steroid dienone is 2. The first kappa shape index (κ1) is 23.1. The van der Waals surface area contributed by atoms with Crippen molar-refractivity contribution in [2.24, 2.45) is 10.3 Å². The summed E-state index contributed by atoms with van der Waals surface area (Å²) >= 11 is 6.21. The Morgan fingerprint density at radius 2 is 2.06 bits per heavy atom. The highest BCUT2D eigenvalue weighted by Gasteiger charge is 2.22. The molecule has 0 saturated carbocycles. The van der Waals surface area contributed by atoms with Gasteiger partial charge in [0, 0.05) is 42.7 Å². The summed E-state index contributed by atoms with van der Waals surface area (Å²) < 4.78 is 6.47. The Balaban J connectivity index is 1.76. The Bertz CT molecular complexity index is 1140. The second-order valence-electron chi connectivity index (χ2n) is 8.43. The minimum absolute atomic E-state index is 0.115. The lowest BCUT2D eigenvalue weighted by Gasteiger charge is -2.27. The first-order chi connectivity index (χ1) is 15.9. The normalized spacial score (nSPS) is 18.8. The molecule has 2 aliphatic heterocycles. The Hall–Kier alpha value is -3.12. The van der Waals surface area contributed by atoms with Crippen molar-refractivity contribution < 1.29 is 9.53 Å². The van der Waals surface area contributed by atoms with Crippen molar-refractivity contribution in [2.45, 2.75) is 39.7 Å². The molecule has 2 heterocycles. The van der Waals surface area contributed by atoms with E-state index in [2.05, 4.69) is 47.0 Å². The lowest BCUT2D eigenvalue weighted by molar-refractivity contribution is -0.128. The number of benzene rings is 2. The number of hydrogen-bond donors (Lipinski definition) is 1. The van der Waals surface area contributed by atoms with E-state index in [0.29, 0.717) is 24.5 Å². The summed E-state index contributed by atoms with van der Waals surface area (Å²) in [5, 5.41) is 9.00. The van der Waals surface area contributed by atoms with Gasteiger partial charge in [-0.2, -0.15) is 5.11 Å². The van der Waals surface area contributed by atoms with Crippen molar-refractivity contribution in [1.82, 2.24) is 10.3 Å². The third-order valence-corrected chi connectivity index (χ3v) is 6.48. The van der Waals surface area contributed by atoms with Crippen LogP contribution in [0.25, 0.3) is 11.1 Å². The molecule has 1 amide bonds. The van der Waals surface area contributed by atoms with E-state index in [-0.39, 0.29) is 12.0 Å². The predicted molar refractivity (Wildman–Crippen MR) is 132 cm³/mol. The van der Waals surface area contributed by atoms with Crippen LogP contribution in [0.2, 0.25) is 5.02 Å². The zero-order valence-corrected chi connectivity index (χ0v) is 20.0. The van der Waals surface area contributed by atoms with Crippen LogP contribution in [0.1, 0.15) is 56.4 Å². The number of ether oxygens (including phenoxy) is 1. The Morgan fingerprint density at radius 3 is 2.79 bits per heavy atom. The standard InChI is InChI=1S/C26H29ClN4O2/c1-17-18(2)29-30-28-12-9-26(33-23-6-4-5-22(27)16-23)25-15-21(7-8-24(17)25)20-10-13-31(14-11-20)19(3)32/h4-8,10,15-16,26H,9,11-14H2,1-3H3,(H,28,29). The van der Waals surface area contributed by atoms with Gasteiger partial charge in [-0.05, 0) is 66.8 Å². The van der Waals surface area contributed by atoms with E-state index in [9.17, 15) is 4.79 Å². The fourth-order valence-electron chi connectivity index (χ4n) is 4.19. The largest absolute Gasteiger partial charge is 0.486 e. The lowest BCUT2D eigenvalue weighted by atomic mass is 9.89. The van der Waals surface area contributed by atoms with E-state index in [0.717, 1.165) is 46.7 Å². The third kappa shape index (κ3) is 5.45. The van der Waals surface area contributed by atoms with Crippen LogP contribution in [0.3, 0.4) is 0 Å². The highest BCUT2D eigenvalue weighted by molar-refractivity contribution is 6.30. The van der Waals surface area contributed by atoms with Crippen LogP contribution in [0.15, 0.2) is 64.6 Å². The fourth-order valence-corrected chi connectivity index (χ4v) is 4.37. The summed E-state index contributed by atoms with van der Waals surface area (Å²) in [5.74, 6) is 0.840. The zero-order chi connectivity index (χ0) is 23.4. The molecule has 0 fully saturated rings. The Kier molecular flexibility index (Phi) is 7.14. The summed E-state index contributed by atoms with van der Waals surface area (Å²) in [6.45, 7) is 7.62. The van der Waals surface area contributed by atoms with Gasteiger partial charge in [0.1, 0.15) is 11.9 Å². The highest BCUT2D eigenvalue weighted by Crippen LogP contribution is 2.36. The van der Waals surface area contributed by atoms with E-state index in [4.69, 9.17) is 16.3 Å². The smallest absolute Gasteiger partial charge is 0.219 e. The number of nitrogens with one attached hydrogen (secondary N) is 1. The van der Waals surface area contributed by atoms with Gasteiger partial charge in [-0.3, -0.25) is 10.2 Å². The van der Waals surface area contributed by atoms with E-state index in [1.807, 2.05) is 36.1 Å². The molecule has 33 heavy (non-hydrogen) atoms. The molecule has 1 unspecified atom stereocenters. The molecule has 6 nitrogen and oxygen atoms in total. The van der Waals surface area contributed by atoms with Gasteiger partial charge in [0.15, 0.2) is 0 Å². The molecule has 0 bridgehead atoms. The van der Waals surface area contributed by atoms with Gasteiger partial charge in [0.05, 0.1) is 6.54 Å². The molecular formula is C26H29ClN4O2. The molecule has 0 spiro atoms. The summed E-state index contributed by atoms with van der Waals surface area (Å²) in [7, 11) is 0. The molecule has 2 aromatic carbocycles. The Morgan fingerprint density at radius 1 is 1.21 bits per heavy atom. The average Bonchev–Trinajstić information content (AvgIpc) is 2.82. The van der Waals surface area contributed by atoms with Crippen molar-refractivity contribution >= 4 is 28.7 Å². The molecule has 4 rings (SSSR count). The predicted octanol–water partition coefficient (Wildman–Crippen LogP) is 6.21. The number of carbonyl (C=O) groups is 1. The van der Waals surface area contributed by atoms with Crippen LogP contribution in [-0.2, 0) is 4.79 Å². The van der Waals surface area contributed by atoms with Crippen LogP contribution >= 0.6 is 11.6 Å². The minimum atomic E-state index is -0.212.